The molecule has 0 saturated carbocycles. The lowest BCUT2D eigenvalue weighted by Crippen LogP contribution is -2.16. The standard InChI is InChI=1S/C11H8F3NO3S2/c12-11(13,14)18-8-3-1-7(2-4-8)9-5-6-19-10(9)20(15,16)17/h1-6H,(H2,15,16,17). The van der Waals surface area contributed by atoms with Crippen LogP contribution in [0.15, 0.2) is 39.9 Å². The first-order valence-electron chi connectivity index (χ1n) is 5.13. The van der Waals surface area contributed by atoms with Gasteiger partial charge >= 0.3 is 6.36 Å². The number of halogens is 3. The van der Waals surface area contributed by atoms with Crippen molar-refractivity contribution in [2.75, 3.05) is 0 Å². The Kier molecular flexibility index (Phi) is 3.76. The molecule has 0 atom stereocenters. The van der Waals surface area contributed by atoms with Crippen LogP contribution in [0.2, 0.25) is 0 Å². The number of rotatable bonds is 3. The Bertz CT molecular complexity index is 705. The van der Waals surface area contributed by atoms with Crippen molar-refractivity contribution in [1.29, 1.82) is 0 Å². The maximum Gasteiger partial charge on any atom is 0.573 e. The largest absolute Gasteiger partial charge is 0.573 e. The minimum Gasteiger partial charge on any atom is -0.406 e. The molecule has 0 aliphatic heterocycles. The molecule has 108 valence electrons. The summed E-state index contributed by atoms with van der Waals surface area (Å²) < 4.78 is 62.5. The highest BCUT2D eigenvalue weighted by Crippen LogP contribution is 2.33. The van der Waals surface area contributed by atoms with Gasteiger partial charge in [0, 0.05) is 5.56 Å². The van der Waals surface area contributed by atoms with E-state index in [1.807, 2.05) is 0 Å². The Balaban J connectivity index is 2.34. The third-order valence-corrected chi connectivity index (χ3v) is 4.72. The van der Waals surface area contributed by atoms with Gasteiger partial charge in [0.2, 0.25) is 10.0 Å². The summed E-state index contributed by atoms with van der Waals surface area (Å²) in [5.74, 6) is -0.381. The van der Waals surface area contributed by atoms with E-state index in [1.54, 1.807) is 0 Å². The van der Waals surface area contributed by atoms with Gasteiger partial charge in [-0.2, -0.15) is 0 Å². The first kappa shape index (κ1) is 14.8. The van der Waals surface area contributed by atoms with Crippen LogP contribution in [0.3, 0.4) is 0 Å². The van der Waals surface area contributed by atoms with Crippen molar-refractivity contribution in [3.8, 4) is 16.9 Å². The Morgan fingerprint density at radius 1 is 1.10 bits per heavy atom. The summed E-state index contributed by atoms with van der Waals surface area (Å²) in [4.78, 5) is 0. The fraction of sp³-hybridized carbons (Fsp3) is 0.0909. The zero-order valence-corrected chi connectivity index (χ0v) is 11.3. The van der Waals surface area contributed by atoms with Gasteiger partial charge in [0.1, 0.15) is 9.96 Å². The number of hydrogen-bond donors (Lipinski definition) is 1. The number of thiophene rings is 1. The molecular formula is C11H8F3NO3S2. The average Bonchev–Trinajstić information content (AvgIpc) is 2.76. The molecule has 1 aromatic carbocycles. The lowest BCUT2D eigenvalue weighted by molar-refractivity contribution is -0.274. The number of benzene rings is 1. The van der Waals surface area contributed by atoms with E-state index >= 15 is 0 Å². The quantitative estimate of drug-likeness (QED) is 0.944. The van der Waals surface area contributed by atoms with Crippen molar-refractivity contribution in [2.45, 2.75) is 10.6 Å². The van der Waals surface area contributed by atoms with Crippen LogP contribution in [-0.2, 0) is 10.0 Å². The lowest BCUT2D eigenvalue weighted by atomic mass is 10.1. The molecule has 0 aliphatic rings. The molecule has 0 amide bonds. The first-order valence-corrected chi connectivity index (χ1v) is 7.56. The molecule has 0 spiro atoms. The summed E-state index contributed by atoms with van der Waals surface area (Å²) in [7, 11) is -3.87. The Labute approximate surface area is 116 Å². The van der Waals surface area contributed by atoms with E-state index < -0.39 is 16.4 Å². The van der Waals surface area contributed by atoms with Crippen molar-refractivity contribution < 1.29 is 26.3 Å². The first-order chi connectivity index (χ1) is 9.17. The van der Waals surface area contributed by atoms with Crippen molar-refractivity contribution in [1.82, 2.24) is 0 Å². The molecule has 20 heavy (non-hydrogen) atoms. The third-order valence-electron chi connectivity index (χ3n) is 2.29. The van der Waals surface area contributed by atoms with E-state index in [0.717, 1.165) is 23.5 Å². The van der Waals surface area contributed by atoms with Gasteiger partial charge in [-0.15, -0.1) is 24.5 Å². The molecule has 0 bridgehead atoms. The predicted molar refractivity (Wildman–Crippen MR) is 67.8 cm³/mol. The molecule has 2 rings (SSSR count). The predicted octanol–water partition coefficient (Wildman–Crippen LogP) is 2.96. The number of hydrogen-bond acceptors (Lipinski definition) is 4. The highest BCUT2D eigenvalue weighted by Gasteiger charge is 2.31. The molecule has 0 fully saturated rings. The molecular weight excluding hydrogens is 315 g/mol. The summed E-state index contributed by atoms with van der Waals surface area (Å²) in [6.07, 6.45) is -4.77. The van der Waals surface area contributed by atoms with Crippen LogP contribution >= 0.6 is 11.3 Å². The molecule has 0 aliphatic carbocycles. The second-order valence-corrected chi connectivity index (χ2v) is 6.41. The zero-order valence-electron chi connectivity index (χ0n) is 9.72. The second-order valence-electron chi connectivity index (χ2n) is 3.74. The van der Waals surface area contributed by atoms with E-state index in [2.05, 4.69) is 4.74 Å². The molecule has 2 aromatic rings. The van der Waals surface area contributed by atoms with Crippen LogP contribution in [0.25, 0.3) is 11.1 Å². The number of nitrogens with two attached hydrogens (primary N) is 1. The minimum absolute atomic E-state index is 0.0398. The SMILES string of the molecule is NS(=O)(=O)c1sccc1-c1ccc(OC(F)(F)F)cc1. The van der Waals surface area contributed by atoms with Gasteiger partial charge in [-0.25, -0.2) is 13.6 Å². The third kappa shape index (κ3) is 3.50. The van der Waals surface area contributed by atoms with E-state index in [1.165, 1.54) is 23.6 Å². The molecule has 1 heterocycles. The number of ether oxygens (including phenoxy) is 1. The van der Waals surface area contributed by atoms with Gasteiger partial charge in [0.15, 0.2) is 0 Å². The van der Waals surface area contributed by atoms with Crippen LogP contribution in [0.5, 0.6) is 5.75 Å². The number of primary sulfonamides is 1. The monoisotopic (exact) mass is 323 g/mol. The second kappa shape index (κ2) is 5.08. The summed E-state index contributed by atoms with van der Waals surface area (Å²) in [6, 6.07) is 6.40. The van der Waals surface area contributed by atoms with E-state index in [-0.39, 0.29) is 9.96 Å². The van der Waals surface area contributed by atoms with E-state index in [9.17, 15) is 21.6 Å². The molecule has 0 radical (unpaired) electrons. The van der Waals surface area contributed by atoms with Crippen molar-refractivity contribution in [2.24, 2.45) is 5.14 Å². The smallest absolute Gasteiger partial charge is 0.406 e. The minimum atomic E-state index is -4.77. The lowest BCUT2D eigenvalue weighted by Gasteiger charge is -2.09. The fourth-order valence-electron chi connectivity index (χ4n) is 1.57. The maximum atomic E-state index is 12.0. The van der Waals surface area contributed by atoms with Gasteiger partial charge in [-0.3, -0.25) is 0 Å². The van der Waals surface area contributed by atoms with E-state index in [4.69, 9.17) is 5.14 Å². The summed E-state index contributed by atoms with van der Waals surface area (Å²) >= 11 is 0.941. The van der Waals surface area contributed by atoms with Gasteiger partial charge in [-0.1, -0.05) is 12.1 Å². The summed E-state index contributed by atoms with van der Waals surface area (Å²) in [5, 5.41) is 6.60. The summed E-state index contributed by atoms with van der Waals surface area (Å²) in [6.45, 7) is 0. The topological polar surface area (TPSA) is 69.4 Å². The van der Waals surface area contributed by atoms with Gasteiger partial charge in [0.25, 0.3) is 0 Å². The van der Waals surface area contributed by atoms with Crippen LogP contribution < -0.4 is 9.88 Å². The van der Waals surface area contributed by atoms with Gasteiger partial charge < -0.3 is 4.74 Å². The van der Waals surface area contributed by atoms with Crippen molar-refractivity contribution in [3.05, 3.63) is 35.7 Å². The molecule has 2 N–H and O–H groups in total. The Morgan fingerprint density at radius 3 is 2.20 bits per heavy atom. The summed E-state index contributed by atoms with van der Waals surface area (Å²) in [5.41, 5.74) is 0.779. The average molecular weight is 323 g/mol. The van der Waals surface area contributed by atoms with Gasteiger partial charge in [-0.05, 0) is 29.1 Å². The normalized spacial score (nSPS) is 12.4. The fourth-order valence-corrected chi connectivity index (χ4v) is 3.40. The molecule has 1 aromatic heterocycles. The highest BCUT2D eigenvalue weighted by molar-refractivity contribution is 7.91. The molecule has 0 saturated heterocycles. The van der Waals surface area contributed by atoms with Crippen LogP contribution in [0.4, 0.5) is 13.2 Å². The van der Waals surface area contributed by atoms with Gasteiger partial charge in [0.05, 0.1) is 0 Å². The highest BCUT2D eigenvalue weighted by atomic mass is 32.2. The molecule has 0 unspecified atom stereocenters. The Hall–Kier alpha value is -1.58. The van der Waals surface area contributed by atoms with Crippen molar-refractivity contribution in [3.63, 3.8) is 0 Å². The Morgan fingerprint density at radius 2 is 1.70 bits per heavy atom. The van der Waals surface area contributed by atoms with E-state index in [0.29, 0.717) is 11.1 Å². The maximum absolute atomic E-state index is 12.0. The van der Waals surface area contributed by atoms with Crippen LogP contribution in [-0.4, -0.2) is 14.8 Å². The molecule has 4 nitrogen and oxygen atoms in total. The molecule has 9 heteroatoms. The number of sulfonamides is 1. The number of alkyl halides is 3. The van der Waals surface area contributed by atoms with Crippen molar-refractivity contribution >= 4 is 21.4 Å². The zero-order chi connectivity index (χ0) is 15.0. The van der Waals surface area contributed by atoms with Crippen LogP contribution in [0, 0.1) is 0 Å². The van der Waals surface area contributed by atoms with Crippen LogP contribution in [0.1, 0.15) is 0 Å².